The Balaban J connectivity index is 1.34. The van der Waals surface area contributed by atoms with Gasteiger partial charge in [0.15, 0.2) is 0 Å². The molecule has 0 saturated heterocycles. The van der Waals surface area contributed by atoms with E-state index in [0.29, 0.717) is 19.6 Å². The zero-order valence-corrected chi connectivity index (χ0v) is 17.0. The lowest BCUT2D eigenvalue weighted by atomic mass is 10.1. The molecule has 0 saturated carbocycles. The summed E-state index contributed by atoms with van der Waals surface area (Å²) < 4.78 is 2.16. The highest BCUT2D eigenvalue weighted by Crippen LogP contribution is 2.23. The van der Waals surface area contributed by atoms with E-state index in [0.717, 1.165) is 33.7 Å². The van der Waals surface area contributed by atoms with Gasteiger partial charge < -0.3 is 15.6 Å². The first-order chi connectivity index (χ1) is 15.3. The van der Waals surface area contributed by atoms with Crippen LogP contribution in [0.5, 0.6) is 0 Å². The van der Waals surface area contributed by atoms with Crippen LogP contribution in [-0.4, -0.2) is 24.5 Å². The monoisotopic (exact) mass is 409 g/mol. The average Bonchev–Trinajstić information content (AvgIpc) is 3.47. The van der Waals surface area contributed by atoms with Crippen LogP contribution in [0, 0.1) is 0 Å². The Kier molecular flexibility index (Phi) is 5.16. The van der Waals surface area contributed by atoms with E-state index in [1.165, 1.54) is 5.56 Å². The molecule has 7 heteroatoms. The normalized spacial score (nSPS) is 11.1. The lowest BCUT2D eigenvalue weighted by molar-refractivity contribution is 0.720. The van der Waals surface area contributed by atoms with Gasteiger partial charge in [-0.25, -0.2) is 4.98 Å². The number of pyridine rings is 1. The summed E-state index contributed by atoms with van der Waals surface area (Å²) in [6.07, 6.45) is 5.71. The number of fused-ring (bicyclic) bond motifs is 1. The number of anilines is 1. The predicted octanol–water partition coefficient (Wildman–Crippen LogP) is 3.74. The van der Waals surface area contributed by atoms with Crippen molar-refractivity contribution in [3.05, 3.63) is 102 Å². The number of aromatic nitrogens is 5. The van der Waals surface area contributed by atoms with Crippen molar-refractivity contribution in [3.8, 4) is 5.69 Å². The van der Waals surface area contributed by atoms with Crippen molar-refractivity contribution in [2.24, 2.45) is 5.73 Å². The second-order valence-electron chi connectivity index (χ2n) is 7.37. The van der Waals surface area contributed by atoms with Crippen LogP contribution in [0.3, 0.4) is 0 Å². The van der Waals surface area contributed by atoms with Gasteiger partial charge in [-0.15, -0.1) is 0 Å². The van der Waals surface area contributed by atoms with Crippen LogP contribution in [0.15, 0.2) is 85.3 Å². The summed E-state index contributed by atoms with van der Waals surface area (Å²) >= 11 is 0. The van der Waals surface area contributed by atoms with Crippen LogP contribution in [0.1, 0.15) is 16.8 Å². The minimum absolute atomic E-state index is 0.557. The van der Waals surface area contributed by atoms with E-state index in [2.05, 4.69) is 61.6 Å². The molecule has 3 heterocycles. The van der Waals surface area contributed by atoms with Crippen molar-refractivity contribution in [1.82, 2.24) is 24.5 Å². The maximum Gasteiger partial charge on any atom is 0.135 e. The van der Waals surface area contributed by atoms with Crippen molar-refractivity contribution in [2.75, 3.05) is 5.32 Å². The quantitative estimate of drug-likeness (QED) is 0.428. The van der Waals surface area contributed by atoms with Crippen LogP contribution in [-0.2, 0) is 19.6 Å². The smallest absolute Gasteiger partial charge is 0.135 e. The second kappa shape index (κ2) is 8.41. The van der Waals surface area contributed by atoms with E-state index in [9.17, 15) is 0 Å². The Bertz CT molecular complexity index is 1290. The van der Waals surface area contributed by atoms with Gasteiger partial charge in [-0.1, -0.05) is 42.5 Å². The van der Waals surface area contributed by atoms with Gasteiger partial charge in [0, 0.05) is 30.9 Å². The number of nitrogens with two attached hydrogens (primary N) is 1. The predicted molar refractivity (Wildman–Crippen MR) is 122 cm³/mol. The molecule has 5 rings (SSSR count). The highest BCUT2D eigenvalue weighted by Gasteiger charge is 2.09. The highest BCUT2D eigenvalue weighted by atomic mass is 15.5. The van der Waals surface area contributed by atoms with E-state index in [1.807, 2.05) is 48.8 Å². The first-order valence-corrected chi connectivity index (χ1v) is 10.2. The van der Waals surface area contributed by atoms with Crippen LogP contribution in [0.4, 0.5) is 5.82 Å². The number of para-hydroxylation sites is 1. The first-order valence-electron chi connectivity index (χ1n) is 10.2. The van der Waals surface area contributed by atoms with Gasteiger partial charge in [0.25, 0.3) is 0 Å². The fraction of sp³-hybridized carbons (Fsp3) is 0.125. The molecule has 7 nitrogen and oxygen atoms in total. The summed E-state index contributed by atoms with van der Waals surface area (Å²) in [7, 11) is 0. The molecule has 0 aliphatic heterocycles. The highest BCUT2D eigenvalue weighted by molar-refractivity contribution is 5.90. The molecule has 0 amide bonds. The SMILES string of the molecule is NCc1ccc(CNc2nccc3c2ccn3Cc2cnn(-c3ccccc3)n2)cc1. The molecule has 0 spiro atoms. The maximum atomic E-state index is 5.68. The van der Waals surface area contributed by atoms with Gasteiger partial charge >= 0.3 is 0 Å². The lowest BCUT2D eigenvalue weighted by Gasteiger charge is -2.09. The summed E-state index contributed by atoms with van der Waals surface area (Å²) in [5.41, 5.74) is 10.9. The third-order valence-electron chi connectivity index (χ3n) is 5.28. The molecule has 0 bridgehead atoms. The van der Waals surface area contributed by atoms with Crippen molar-refractivity contribution in [3.63, 3.8) is 0 Å². The standard InChI is InChI=1S/C24H23N7/c25-14-18-6-8-19(9-7-18)15-27-24-22-11-13-30(23(22)10-12-26-24)17-20-16-28-31(29-20)21-4-2-1-3-5-21/h1-13,16H,14-15,17,25H2,(H,26,27). The molecule has 3 aromatic heterocycles. The molecule has 3 N–H and O–H groups in total. The van der Waals surface area contributed by atoms with Gasteiger partial charge in [-0.05, 0) is 35.4 Å². The zero-order valence-electron chi connectivity index (χ0n) is 17.0. The second-order valence-corrected chi connectivity index (χ2v) is 7.37. The van der Waals surface area contributed by atoms with Crippen molar-refractivity contribution >= 4 is 16.7 Å². The molecule has 0 atom stereocenters. The molecule has 0 aliphatic rings. The summed E-state index contributed by atoms with van der Waals surface area (Å²) in [5, 5.41) is 13.6. The molecule has 0 radical (unpaired) electrons. The molecule has 5 aromatic rings. The average molecular weight is 409 g/mol. The molecule has 0 unspecified atom stereocenters. The topological polar surface area (TPSA) is 86.6 Å². The summed E-state index contributed by atoms with van der Waals surface area (Å²) in [6, 6.07) is 22.3. The van der Waals surface area contributed by atoms with Crippen molar-refractivity contribution in [2.45, 2.75) is 19.6 Å². The van der Waals surface area contributed by atoms with E-state index in [4.69, 9.17) is 5.73 Å². The molecule has 0 fully saturated rings. The van der Waals surface area contributed by atoms with Crippen LogP contribution >= 0.6 is 0 Å². The molecule has 154 valence electrons. The van der Waals surface area contributed by atoms with E-state index in [-0.39, 0.29) is 0 Å². The van der Waals surface area contributed by atoms with Gasteiger partial charge in [0.1, 0.15) is 11.5 Å². The van der Waals surface area contributed by atoms with Crippen LogP contribution in [0.25, 0.3) is 16.6 Å². The minimum Gasteiger partial charge on any atom is -0.365 e. The third-order valence-corrected chi connectivity index (χ3v) is 5.28. The summed E-state index contributed by atoms with van der Waals surface area (Å²) in [6.45, 7) is 1.90. The number of benzene rings is 2. The minimum atomic E-state index is 0.557. The molecule has 0 aliphatic carbocycles. The molecular weight excluding hydrogens is 386 g/mol. The van der Waals surface area contributed by atoms with Gasteiger partial charge in [0.05, 0.1) is 23.9 Å². The number of nitrogens with zero attached hydrogens (tertiary/aromatic N) is 5. The first kappa shape index (κ1) is 19.0. The fourth-order valence-corrected chi connectivity index (χ4v) is 3.61. The maximum absolute atomic E-state index is 5.68. The van der Waals surface area contributed by atoms with Crippen molar-refractivity contribution < 1.29 is 0 Å². The number of hydrogen-bond donors (Lipinski definition) is 2. The van der Waals surface area contributed by atoms with Gasteiger partial charge in [-0.2, -0.15) is 15.0 Å². The number of rotatable bonds is 7. The Labute approximate surface area is 180 Å². The van der Waals surface area contributed by atoms with Crippen LogP contribution in [0.2, 0.25) is 0 Å². The van der Waals surface area contributed by atoms with Gasteiger partial charge in [-0.3, -0.25) is 0 Å². The number of nitrogens with one attached hydrogen (secondary N) is 1. The Morgan fingerprint density at radius 2 is 1.71 bits per heavy atom. The Morgan fingerprint density at radius 1 is 0.903 bits per heavy atom. The van der Waals surface area contributed by atoms with E-state index >= 15 is 0 Å². The Morgan fingerprint density at radius 3 is 2.52 bits per heavy atom. The zero-order chi connectivity index (χ0) is 21.0. The largest absolute Gasteiger partial charge is 0.365 e. The number of hydrogen-bond acceptors (Lipinski definition) is 5. The summed E-state index contributed by atoms with van der Waals surface area (Å²) in [5.74, 6) is 0.868. The molecule has 2 aromatic carbocycles. The molecular formula is C24H23N7. The fourth-order valence-electron chi connectivity index (χ4n) is 3.61. The Hall–Kier alpha value is -3.97. The lowest BCUT2D eigenvalue weighted by Crippen LogP contribution is -2.04. The van der Waals surface area contributed by atoms with Gasteiger partial charge in [0.2, 0.25) is 0 Å². The van der Waals surface area contributed by atoms with E-state index in [1.54, 1.807) is 4.80 Å². The van der Waals surface area contributed by atoms with E-state index < -0.39 is 0 Å². The van der Waals surface area contributed by atoms with Crippen molar-refractivity contribution in [1.29, 1.82) is 0 Å². The summed E-state index contributed by atoms with van der Waals surface area (Å²) in [4.78, 5) is 6.20. The third kappa shape index (κ3) is 4.04. The van der Waals surface area contributed by atoms with Crippen LogP contribution < -0.4 is 11.1 Å². The molecule has 31 heavy (non-hydrogen) atoms.